The summed E-state index contributed by atoms with van der Waals surface area (Å²) < 4.78 is 17.8. The Morgan fingerprint density at radius 3 is 2.46 bits per heavy atom. The third kappa shape index (κ3) is 6.67. The lowest BCUT2D eigenvalue weighted by Gasteiger charge is -2.28. The summed E-state index contributed by atoms with van der Waals surface area (Å²) in [6.07, 6.45) is 14.4. The van der Waals surface area contributed by atoms with Gasteiger partial charge in [-0.15, -0.1) is 0 Å². The smallest absolute Gasteiger partial charge is 0.119 e. The summed E-state index contributed by atoms with van der Waals surface area (Å²) in [5, 5.41) is 0. The minimum absolute atomic E-state index is 0.680. The van der Waals surface area contributed by atoms with Gasteiger partial charge < -0.3 is 4.74 Å². The average molecular weight is 333 g/mol. The van der Waals surface area contributed by atoms with Crippen molar-refractivity contribution in [2.24, 2.45) is 5.92 Å². The summed E-state index contributed by atoms with van der Waals surface area (Å²) in [6, 6.07) is 8.76. The highest BCUT2D eigenvalue weighted by atomic mass is 19.1. The third-order valence-corrected chi connectivity index (χ3v) is 5.30. The van der Waals surface area contributed by atoms with Crippen molar-refractivity contribution < 1.29 is 9.13 Å². The summed E-state index contributed by atoms with van der Waals surface area (Å²) in [7, 11) is 0. The van der Waals surface area contributed by atoms with Crippen LogP contribution in [0.15, 0.2) is 36.7 Å². The molecule has 0 heterocycles. The molecule has 0 N–H and O–H groups in total. The van der Waals surface area contributed by atoms with Gasteiger partial charge in [0.05, 0.1) is 12.9 Å². The normalized spacial score (nSPS) is 21.2. The maximum absolute atomic E-state index is 12.0. The third-order valence-electron chi connectivity index (χ3n) is 5.30. The van der Waals surface area contributed by atoms with Gasteiger partial charge in [-0.25, -0.2) is 4.39 Å². The highest BCUT2D eigenvalue weighted by molar-refractivity contribution is 5.29. The Balaban J connectivity index is 1.70. The maximum Gasteiger partial charge on any atom is 0.119 e. The van der Waals surface area contributed by atoms with E-state index in [9.17, 15) is 4.39 Å². The first kappa shape index (κ1) is 19.0. The minimum Gasteiger partial charge on any atom is -0.494 e. The summed E-state index contributed by atoms with van der Waals surface area (Å²) in [6.45, 7) is 3.06. The summed E-state index contributed by atoms with van der Waals surface area (Å²) in [4.78, 5) is 0. The zero-order chi connectivity index (χ0) is 17.0. The fraction of sp³-hybridized carbons (Fsp3) is 0.636. The van der Waals surface area contributed by atoms with Gasteiger partial charge in [0, 0.05) is 0 Å². The van der Waals surface area contributed by atoms with E-state index in [1.807, 2.05) is 0 Å². The molecule has 2 heteroatoms. The molecule has 0 radical (unpaired) electrons. The Morgan fingerprint density at radius 1 is 1.04 bits per heavy atom. The van der Waals surface area contributed by atoms with Crippen molar-refractivity contribution in [1.82, 2.24) is 0 Å². The molecule has 0 saturated heterocycles. The Morgan fingerprint density at radius 2 is 1.79 bits per heavy atom. The van der Waals surface area contributed by atoms with Gasteiger partial charge in [-0.05, 0) is 74.5 Å². The molecule has 0 spiro atoms. The summed E-state index contributed by atoms with van der Waals surface area (Å²) in [5.74, 6) is 2.47. The number of benzene rings is 1. The van der Waals surface area contributed by atoms with E-state index in [0.29, 0.717) is 12.2 Å². The van der Waals surface area contributed by atoms with Crippen molar-refractivity contribution in [3.8, 4) is 5.75 Å². The van der Waals surface area contributed by atoms with Crippen molar-refractivity contribution in [2.45, 2.75) is 77.0 Å². The molecule has 1 aliphatic carbocycles. The Labute approximate surface area is 147 Å². The quantitative estimate of drug-likeness (QED) is 0.412. The lowest BCUT2D eigenvalue weighted by Crippen LogP contribution is -2.13. The SMILES string of the molecule is CCCCCCOc1ccc(C2CCC(CC/C=C/F)CC2)cc1. The van der Waals surface area contributed by atoms with Crippen molar-refractivity contribution in [3.63, 3.8) is 0 Å². The molecule has 1 nitrogen and oxygen atoms in total. The second-order valence-electron chi connectivity index (χ2n) is 7.13. The lowest BCUT2D eigenvalue weighted by molar-refractivity contribution is 0.303. The van der Waals surface area contributed by atoms with Crippen LogP contribution in [0, 0.1) is 5.92 Å². The number of halogens is 1. The molecule has 1 aliphatic rings. The van der Waals surface area contributed by atoms with Gasteiger partial charge in [-0.3, -0.25) is 0 Å². The van der Waals surface area contributed by atoms with E-state index in [-0.39, 0.29) is 0 Å². The largest absolute Gasteiger partial charge is 0.494 e. The molecule has 1 aromatic rings. The molecule has 134 valence electrons. The summed E-state index contributed by atoms with van der Waals surface area (Å²) in [5.41, 5.74) is 1.45. The average Bonchev–Trinajstić information content (AvgIpc) is 2.63. The molecule has 0 aliphatic heterocycles. The standard InChI is InChI=1S/C22H33FO/c1-2-3-4-7-18-24-22-15-13-21(14-16-22)20-11-9-19(10-12-20)8-5-6-17-23/h6,13-17,19-20H,2-5,7-12,18H2,1H3/b17-6+. The number of rotatable bonds is 10. The van der Waals surface area contributed by atoms with E-state index in [4.69, 9.17) is 4.74 Å². The van der Waals surface area contributed by atoms with Crippen molar-refractivity contribution >= 4 is 0 Å². The molecule has 0 aromatic heterocycles. The van der Waals surface area contributed by atoms with Gasteiger partial charge >= 0.3 is 0 Å². The second kappa shape index (κ2) is 11.3. The first-order valence-corrected chi connectivity index (χ1v) is 9.81. The van der Waals surface area contributed by atoms with Crippen LogP contribution in [0.5, 0.6) is 5.75 Å². The van der Waals surface area contributed by atoms with Crippen molar-refractivity contribution in [3.05, 3.63) is 42.2 Å². The molecule has 1 aromatic carbocycles. The molecule has 0 atom stereocenters. The van der Waals surface area contributed by atoms with E-state index in [1.54, 1.807) is 6.08 Å². The fourth-order valence-corrected chi connectivity index (χ4v) is 3.73. The highest BCUT2D eigenvalue weighted by Gasteiger charge is 2.21. The van der Waals surface area contributed by atoms with Gasteiger partial charge in [-0.2, -0.15) is 0 Å². The van der Waals surface area contributed by atoms with Crippen molar-refractivity contribution in [2.75, 3.05) is 6.61 Å². The monoisotopic (exact) mass is 332 g/mol. The first-order chi connectivity index (χ1) is 11.8. The topological polar surface area (TPSA) is 9.23 Å². The zero-order valence-corrected chi connectivity index (χ0v) is 15.2. The fourth-order valence-electron chi connectivity index (χ4n) is 3.73. The number of hydrogen-bond donors (Lipinski definition) is 0. The lowest BCUT2D eigenvalue weighted by atomic mass is 9.77. The van der Waals surface area contributed by atoms with Crippen LogP contribution >= 0.6 is 0 Å². The predicted octanol–water partition coefficient (Wildman–Crippen LogP) is 7.18. The second-order valence-corrected chi connectivity index (χ2v) is 7.13. The van der Waals surface area contributed by atoms with E-state index >= 15 is 0 Å². The van der Waals surface area contributed by atoms with Crippen molar-refractivity contribution in [1.29, 1.82) is 0 Å². The van der Waals surface area contributed by atoms with Gasteiger partial charge in [0.15, 0.2) is 0 Å². The van der Waals surface area contributed by atoms with Gasteiger partial charge in [0.25, 0.3) is 0 Å². The molecule has 24 heavy (non-hydrogen) atoms. The molecule has 0 unspecified atom stereocenters. The van der Waals surface area contributed by atoms with Crippen LogP contribution in [-0.2, 0) is 0 Å². The van der Waals surface area contributed by atoms with Crippen LogP contribution in [0.25, 0.3) is 0 Å². The molecule has 2 rings (SSSR count). The number of hydrogen-bond acceptors (Lipinski definition) is 1. The number of unbranched alkanes of at least 4 members (excludes halogenated alkanes) is 3. The highest BCUT2D eigenvalue weighted by Crippen LogP contribution is 2.37. The Kier molecular flexibility index (Phi) is 8.94. The Bertz CT molecular complexity index is 457. The van der Waals surface area contributed by atoms with Gasteiger partial charge in [0.2, 0.25) is 0 Å². The van der Waals surface area contributed by atoms with E-state index in [1.165, 1.54) is 50.5 Å². The van der Waals surface area contributed by atoms with Crippen LogP contribution in [0.4, 0.5) is 4.39 Å². The summed E-state index contributed by atoms with van der Waals surface area (Å²) >= 11 is 0. The first-order valence-electron chi connectivity index (χ1n) is 9.81. The van der Waals surface area contributed by atoms with Crippen LogP contribution in [0.2, 0.25) is 0 Å². The molecule has 1 saturated carbocycles. The van der Waals surface area contributed by atoms with Gasteiger partial charge in [-0.1, -0.05) is 44.4 Å². The van der Waals surface area contributed by atoms with Crippen LogP contribution in [0.3, 0.4) is 0 Å². The number of ether oxygens (including phenoxy) is 1. The van der Waals surface area contributed by atoms with Gasteiger partial charge in [0.1, 0.15) is 5.75 Å². The molecular formula is C22H33FO. The minimum atomic E-state index is 0.680. The van der Waals surface area contributed by atoms with E-state index in [2.05, 4.69) is 31.2 Å². The van der Waals surface area contributed by atoms with Crippen LogP contribution in [-0.4, -0.2) is 6.61 Å². The molecule has 1 fully saturated rings. The number of allylic oxidation sites excluding steroid dienone is 1. The van der Waals surface area contributed by atoms with Crippen LogP contribution < -0.4 is 4.74 Å². The zero-order valence-electron chi connectivity index (χ0n) is 15.2. The molecular weight excluding hydrogens is 299 g/mol. The molecule has 0 amide bonds. The maximum atomic E-state index is 12.0. The van der Waals surface area contributed by atoms with E-state index < -0.39 is 0 Å². The van der Waals surface area contributed by atoms with Crippen LogP contribution in [0.1, 0.15) is 82.6 Å². The predicted molar refractivity (Wildman–Crippen MR) is 100 cm³/mol. The Hall–Kier alpha value is -1.31. The van der Waals surface area contributed by atoms with E-state index in [0.717, 1.165) is 37.5 Å². The molecule has 0 bridgehead atoms.